The minimum absolute atomic E-state index is 0. The predicted molar refractivity (Wildman–Crippen MR) is 63.9 cm³/mol. The summed E-state index contributed by atoms with van der Waals surface area (Å²) in [5.41, 5.74) is 0.655. The summed E-state index contributed by atoms with van der Waals surface area (Å²) in [6.45, 7) is 4.77. The molecule has 16 heavy (non-hydrogen) atoms. The van der Waals surface area contributed by atoms with E-state index in [1.807, 2.05) is 11.8 Å². The first-order valence-electron chi connectivity index (χ1n) is 5.65. The Morgan fingerprint density at radius 2 is 2.19 bits per heavy atom. The molecule has 3 heteroatoms. The van der Waals surface area contributed by atoms with Crippen LogP contribution >= 0.6 is 11.8 Å². The quantitative estimate of drug-likeness (QED) is 0.387. The van der Waals surface area contributed by atoms with Crippen LogP contribution in [0.5, 0.6) is 0 Å². The zero-order valence-electron chi connectivity index (χ0n) is 10.8. The first-order valence-corrected chi connectivity index (χ1v) is 7.04. The zero-order valence-corrected chi connectivity index (χ0v) is 11.6. The molecular formula is C13H19LiOS. The van der Waals surface area contributed by atoms with Crippen LogP contribution in [0.3, 0.4) is 0 Å². The number of fused-ring (bicyclic) bond motifs is 2. The number of hydrogen-bond acceptors (Lipinski definition) is 2. The molecule has 2 saturated carbocycles. The predicted octanol–water partition coefficient (Wildman–Crippen LogP) is 0.112. The van der Waals surface area contributed by atoms with E-state index in [4.69, 9.17) is 11.2 Å². The van der Waals surface area contributed by atoms with Crippen LogP contribution in [-0.4, -0.2) is 18.1 Å². The Morgan fingerprint density at radius 1 is 1.50 bits per heavy atom. The van der Waals surface area contributed by atoms with Gasteiger partial charge in [-0.05, 0) is 36.9 Å². The maximum absolute atomic E-state index is 7.02. The molecule has 0 aliphatic heterocycles. The molecule has 2 aliphatic rings. The van der Waals surface area contributed by atoms with Gasteiger partial charge in [-0.1, -0.05) is 13.8 Å². The first kappa shape index (κ1) is 14.4. The molecule has 0 unspecified atom stereocenters. The van der Waals surface area contributed by atoms with E-state index in [0.29, 0.717) is 5.41 Å². The zero-order chi connectivity index (χ0) is 11.1. The van der Waals surface area contributed by atoms with Gasteiger partial charge < -0.3 is 11.2 Å². The van der Waals surface area contributed by atoms with E-state index >= 15 is 0 Å². The van der Waals surface area contributed by atoms with E-state index in [1.165, 1.54) is 12.8 Å². The summed E-state index contributed by atoms with van der Waals surface area (Å²) in [6, 6.07) is 0. The van der Waals surface area contributed by atoms with Gasteiger partial charge in [0.05, 0.1) is 0 Å². The molecule has 0 aromatic carbocycles. The molecular weight excluding hydrogens is 211 g/mol. The second-order valence-electron chi connectivity index (χ2n) is 5.49. The van der Waals surface area contributed by atoms with Crippen molar-refractivity contribution in [3.63, 3.8) is 0 Å². The van der Waals surface area contributed by atoms with Crippen molar-refractivity contribution in [3.8, 4) is 6.11 Å². The molecule has 2 aliphatic carbocycles. The summed E-state index contributed by atoms with van der Waals surface area (Å²) >= 11 is 1.91. The standard InChI is InChI=1S/C13H19OS.Li/c1-5-14-11-8-10-6-7-13(11,9-15-4)12(10,2)3;/h10-11H,6-9H2,2-4H3;/q-1;+1/t10-,11-,13-;/m1./s1. The fourth-order valence-electron chi connectivity index (χ4n) is 3.83. The van der Waals surface area contributed by atoms with Crippen molar-refractivity contribution >= 4 is 11.8 Å². The minimum atomic E-state index is 0. The SMILES string of the molecule is [C-]#CO[C@@H]1C[C@H]2CC[C@]1(CSC)C2(C)C.[Li+]. The summed E-state index contributed by atoms with van der Waals surface area (Å²) in [5.74, 6) is 1.94. The van der Waals surface area contributed by atoms with E-state index in [9.17, 15) is 0 Å². The van der Waals surface area contributed by atoms with E-state index < -0.39 is 0 Å². The fraction of sp³-hybridized carbons (Fsp3) is 0.846. The van der Waals surface area contributed by atoms with Gasteiger partial charge in [0, 0.05) is 11.2 Å². The first-order chi connectivity index (χ1) is 7.08. The Hall–Kier alpha value is 0.307. The van der Waals surface area contributed by atoms with Gasteiger partial charge in [-0.25, -0.2) is 0 Å². The second kappa shape index (κ2) is 4.89. The molecule has 0 N–H and O–H groups in total. The van der Waals surface area contributed by atoms with Gasteiger partial charge in [0.1, 0.15) is 6.10 Å². The van der Waals surface area contributed by atoms with Crippen LogP contribution in [0.2, 0.25) is 0 Å². The van der Waals surface area contributed by atoms with E-state index in [2.05, 4.69) is 26.2 Å². The largest absolute Gasteiger partial charge is 1.00 e. The van der Waals surface area contributed by atoms with Crippen LogP contribution in [0.1, 0.15) is 33.1 Å². The van der Waals surface area contributed by atoms with Crippen LogP contribution < -0.4 is 18.9 Å². The fourth-order valence-corrected chi connectivity index (χ4v) is 5.05. The van der Waals surface area contributed by atoms with Gasteiger partial charge in [0.15, 0.2) is 0 Å². The Balaban J connectivity index is 0.00000128. The Morgan fingerprint density at radius 3 is 2.69 bits per heavy atom. The van der Waals surface area contributed by atoms with Crippen molar-refractivity contribution in [2.45, 2.75) is 39.2 Å². The molecule has 0 saturated heterocycles. The van der Waals surface area contributed by atoms with Crippen molar-refractivity contribution in [2.75, 3.05) is 12.0 Å². The summed E-state index contributed by atoms with van der Waals surface area (Å²) in [5, 5.41) is 0. The van der Waals surface area contributed by atoms with Crippen molar-refractivity contribution in [1.82, 2.24) is 0 Å². The Bertz CT molecular complexity index is 297. The van der Waals surface area contributed by atoms with Gasteiger partial charge in [-0.2, -0.15) is 11.8 Å². The monoisotopic (exact) mass is 230 g/mol. The van der Waals surface area contributed by atoms with Gasteiger partial charge in [-0.3, -0.25) is 0 Å². The van der Waals surface area contributed by atoms with Crippen molar-refractivity contribution < 1.29 is 23.6 Å². The summed E-state index contributed by atoms with van der Waals surface area (Å²) in [6.07, 6.45) is 15.3. The number of thioether (sulfide) groups is 1. The molecule has 2 fully saturated rings. The summed E-state index contributed by atoms with van der Waals surface area (Å²) in [7, 11) is 0. The minimum Gasteiger partial charge on any atom is -0.648 e. The molecule has 2 bridgehead atoms. The molecule has 0 aromatic heterocycles. The van der Waals surface area contributed by atoms with Crippen molar-refractivity contribution in [3.05, 3.63) is 6.42 Å². The van der Waals surface area contributed by atoms with Gasteiger partial charge in [0.2, 0.25) is 0 Å². The summed E-state index contributed by atoms with van der Waals surface area (Å²) in [4.78, 5) is 0. The molecule has 0 amide bonds. The van der Waals surface area contributed by atoms with Gasteiger partial charge in [0.25, 0.3) is 0 Å². The van der Waals surface area contributed by atoms with E-state index in [1.54, 1.807) is 0 Å². The average molecular weight is 230 g/mol. The third-order valence-corrected chi connectivity index (χ3v) is 5.76. The van der Waals surface area contributed by atoms with E-state index in [0.717, 1.165) is 18.1 Å². The van der Waals surface area contributed by atoms with Crippen LogP contribution in [-0.2, 0) is 4.74 Å². The van der Waals surface area contributed by atoms with Crippen LogP contribution in [0.25, 0.3) is 0 Å². The topological polar surface area (TPSA) is 9.23 Å². The number of hydrogen-bond donors (Lipinski definition) is 0. The van der Waals surface area contributed by atoms with Gasteiger partial charge in [-0.15, -0.1) is 6.11 Å². The van der Waals surface area contributed by atoms with Crippen molar-refractivity contribution in [2.24, 2.45) is 16.7 Å². The van der Waals surface area contributed by atoms with Gasteiger partial charge >= 0.3 is 18.9 Å². The molecule has 2 rings (SSSR count). The molecule has 0 aromatic rings. The van der Waals surface area contributed by atoms with Crippen molar-refractivity contribution in [1.29, 1.82) is 0 Å². The molecule has 1 nitrogen and oxygen atoms in total. The number of ether oxygens (including phenoxy) is 1. The van der Waals surface area contributed by atoms with Crippen LogP contribution in [0.15, 0.2) is 0 Å². The molecule has 3 atom stereocenters. The van der Waals surface area contributed by atoms with Crippen LogP contribution in [0.4, 0.5) is 0 Å². The van der Waals surface area contributed by atoms with E-state index in [-0.39, 0.29) is 30.4 Å². The smallest absolute Gasteiger partial charge is 0.648 e. The molecule has 0 heterocycles. The molecule has 0 radical (unpaired) electrons. The van der Waals surface area contributed by atoms with Crippen LogP contribution in [0, 0.1) is 29.3 Å². The third-order valence-electron chi connectivity index (χ3n) is 4.96. The average Bonchev–Trinajstić information content (AvgIpc) is 2.53. The molecule has 84 valence electrons. The molecule has 0 spiro atoms. The maximum atomic E-state index is 7.02. The number of rotatable bonds is 3. The second-order valence-corrected chi connectivity index (χ2v) is 6.36. The normalized spacial score (nSPS) is 38.9. The summed E-state index contributed by atoms with van der Waals surface area (Å²) < 4.78 is 5.43. The third kappa shape index (κ3) is 1.73. The Kier molecular flexibility index (Phi) is 4.39. The maximum Gasteiger partial charge on any atom is 1.00 e. The Labute approximate surface area is 116 Å².